The molecule has 1 aromatic carbocycles. The number of aromatic amines is 1. The number of likely N-dealkylation sites (tertiary alicyclic amines) is 1. The van der Waals surface area contributed by atoms with Gasteiger partial charge in [-0.3, -0.25) is 10.00 Å². The lowest BCUT2D eigenvalue weighted by Crippen LogP contribution is -2.20. The number of carboxylic acids is 1. The van der Waals surface area contributed by atoms with E-state index in [2.05, 4.69) is 22.0 Å². The molecule has 0 radical (unpaired) electrons. The van der Waals surface area contributed by atoms with Gasteiger partial charge in [-0.2, -0.15) is 5.10 Å². The fraction of sp³-hybridized carbons (Fsp3) is 0.412. The molecule has 0 saturated carbocycles. The Morgan fingerprint density at radius 3 is 2.87 bits per heavy atom. The van der Waals surface area contributed by atoms with Crippen LogP contribution in [0.3, 0.4) is 0 Å². The first-order valence-corrected chi connectivity index (χ1v) is 7.77. The van der Waals surface area contributed by atoms with Crippen molar-refractivity contribution in [1.29, 1.82) is 0 Å². The Morgan fingerprint density at radius 1 is 1.43 bits per heavy atom. The monoisotopic (exact) mass is 315 g/mol. The summed E-state index contributed by atoms with van der Waals surface area (Å²) in [6.07, 6.45) is 3.02. The van der Waals surface area contributed by atoms with E-state index in [1.165, 1.54) is 16.8 Å². The molecule has 6 nitrogen and oxygen atoms in total. The Hall–Kier alpha value is -2.34. The van der Waals surface area contributed by atoms with Gasteiger partial charge in [-0.15, -0.1) is 0 Å². The van der Waals surface area contributed by atoms with Crippen molar-refractivity contribution in [3.05, 3.63) is 47.3 Å². The lowest BCUT2D eigenvalue weighted by molar-refractivity contribution is -0.139. The Balaban J connectivity index is 1.54. The van der Waals surface area contributed by atoms with Crippen molar-refractivity contribution >= 4 is 5.97 Å². The van der Waals surface area contributed by atoms with E-state index < -0.39 is 5.97 Å². The van der Waals surface area contributed by atoms with Crippen LogP contribution in [0.25, 0.3) is 0 Å². The normalized spacial score (nSPS) is 18.2. The molecule has 1 unspecified atom stereocenters. The largest absolute Gasteiger partial charge is 0.482 e. The highest BCUT2D eigenvalue weighted by molar-refractivity contribution is 5.68. The fourth-order valence-corrected chi connectivity index (χ4v) is 3.08. The first-order valence-electron chi connectivity index (χ1n) is 7.77. The highest BCUT2D eigenvalue weighted by Gasteiger charge is 2.25. The van der Waals surface area contributed by atoms with Crippen molar-refractivity contribution in [2.45, 2.75) is 25.8 Å². The zero-order chi connectivity index (χ0) is 16.2. The van der Waals surface area contributed by atoms with Gasteiger partial charge in [0.15, 0.2) is 6.61 Å². The predicted octanol–water partition coefficient (Wildman–Crippen LogP) is 2.17. The molecule has 6 heteroatoms. The highest BCUT2D eigenvalue weighted by atomic mass is 16.5. The van der Waals surface area contributed by atoms with Gasteiger partial charge in [0.2, 0.25) is 0 Å². The van der Waals surface area contributed by atoms with Crippen LogP contribution in [0.1, 0.15) is 29.2 Å². The molecular formula is C17H21N3O3. The lowest BCUT2D eigenvalue weighted by Gasteiger charge is -2.16. The third-order valence-corrected chi connectivity index (χ3v) is 4.24. The van der Waals surface area contributed by atoms with Crippen LogP contribution in [0.5, 0.6) is 5.75 Å². The van der Waals surface area contributed by atoms with Gasteiger partial charge in [0.05, 0.1) is 6.20 Å². The van der Waals surface area contributed by atoms with Crippen LogP contribution in [-0.4, -0.2) is 45.9 Å². The molecule has 1 fully saturated rings. The van der Waals surface area contributed by atoms with E-state index in [4.69, 9.17) is 9.84 Å². The molecule has 1 aliphatic heterocycles. The smallest absolute Gasteiger partial charge is 0.341 e. The van der Waals surface area contributed by atoms with Gasteiger partial charge in [-0.05, 0) is 43.1 Å². The van der Waals surface area contributed by atoms with Crippen molar-refractivity contribution in [2.24, 2.45) is 0 Å². The zero-order valence-electron chi connectivity index (χ0n) is 13.2. The first kappa shape index (κ1) is 15.6. The molecule has 1 aromatic heterocycles. The number of aromatic nitrogens is 2. The predicted molar refractivity (Wildman–Crippen MR) is 85.5 cm³/mol. The summed E-state index contributed by atoms with van der Waals surface area (Å²) in [5.41, 5.74) is 3.69. The van der Waals surface area contributed by atoms with E-state index in [1.807, 2.05) is 30.5 Å². The van der Waals surface area contributed by atoms with Crippen LogP contribution in [0.15, 0.2) is 30.5 Å². The zero-order valence-corrected chi connectivity index (χ0v) is 13.2. The highest BCUT2D eigenvalue weighted by Crippen LogP contribution is 2.28. The molecule has 2 heterocycles. The third-order valence-electron chi connectivity index (χ3n) is 4.24. The van der Waals surface area contributed by atoms with E-state index >= 15 is 0 Å². The summed E-state index contributed by atoms with van der Waals surface area (Å²) in [4.78, 5) is 12.9. The quantitative estimate of drug-likeness (QED) is 0.854. The second-order valence-corrected chi connectivity index (χ2v) is 6.01. The molecule has 122 valence electrons. The SMILES string of the molecule is Cc1cn[nH]c1C1CCN(Cc2ccc(OCC(=O)O)cc2)C1. The van der Waals surface area contributed by atoms with Gasteiger partial charge >= 0.3 is 5.97 Å². The maximum Gasteiger partial charge on any atom is 0.341 e. The Morgan fingerprint density at radius 2 is 2.22 bits per heavy atom. The van der Waals surface area contributed by atoms with Gasteiger partial charge in [-0.25, -0.2) is 4.79 Å². The van der Waals surface area contributed by atoms with Crippen LogP contribution >= 0.6 is 0 Å². The first-order chi connectivity index (χ1) is 11.1. The molecule has 2 N–H and O–H groups in total. The second-order valence-electron chi connectivity index (χ2n) is 6.01. The van der Waals surface area contributed by atoms with Gasteiger partial charge in [0.25, 0.3) is 0 Å². The molecule has 0 spiro atoms. The van der Waals surface area contributed by atoms with E-state index in [9.17, 15) is 4.79 Å². The number of hydrogen-bond acceptors (Lipinski definition) is 4. The Kier molecular flexibility index (Phi) is 4.62. The van der Waals surface area contributed by atoms with Crippen LogP contribution in [0.4, 0.5) is 0 Å². The van der Waals surface area contributed by atoms with Crippen LogP contribution in [0, 0.1) is 6.92 Å². The summed E-state index contributed by atoms with van der Waals surface area (Å²) in [5, 5.41) is 15.8. The number of hydrogen-bond donors (Lipinski definition) is 2. The summed E-state index contributed by atoms with van der Waals surface area (Å²) >= 11 is 0. The standard InChI is InChI=1S/C17H21N3O3/c1-12-8-18-19-17(12)14-6-7-20(10-14)9-13-2-4-15(5-3-13)23-11-16(21)22/h2-5,8,14H,6-7,9-11H2,1H3,(H,18,19)(H,21,22). The fourth-order valence-electron chi connectivity index (χ4n) is 3.08. The summed E-state index contributed by atoms with van der Waals surface area (Å²) < 4.78 is 5.15. The number of ether oxygens (including phenoxy) is 1. The maximum absolute atomic E-state index is 10.5. The summed E-state index contributed by atoms with van der Waals surface area (Å²) in [6.45, 7) is 4.78. The van der Waals surface area contributed by atoms with Crippen molar-refractivity contribution in [3.63, 3.8) is 0 Å². The molecule has 1 aliphatic rings. The molecule has 2 aromatic rings. The number of rotatable bonds is 6. The number of aryl methyl sites for hydroxylation is 1. The number of aliphatic carboxylic acids is 1. The molecule has 0 bridgehead atoms. The van der Waals surface area contributed by atoms with Crippen LogP contribution in [0.2, 0.25) is 0 Å². The van der Waals surface area contributed by atoms with Gasteiger partial charge in [0.1, 0.15) is 5.75 Å². The molecule has 3 rings (SSSR count). The number of nitrogens with one attached hydrogen (secondary N) is 1. The van der Waals surface area contributed by atoms with Crippen molar-refractivity contribution in [3.8, 4) is 5.75 Å². The maximum atomic E-state index is 10.5. The van der Waals surface area contributed by atoms with E-state index in [1.54, 1.807) is 0 Å². The van der Waals surface area contributed by atoms with Gasteiger partial charge < -0.3 is 9.84 Å². The van der Waals surface area contributed by atoms with Crippen LogP contribution < -0.4 is 4.74 Å². The lowest BCUT2D eigenvalue weighted by atomic mass is 10.0. The number of carbonyl (C=O) groups is 1. The molecule has 0 aliphatic carbocycles. The average molecular weight is 315 g/mol. The molecule has 23 heavy (non-hydrogen) atoms. The van der Waals surface area contributed by atoms with Gasteiger partial charge in [0, 0.05) is 24.7 Å². The second kappa shape index (κ2) is 6.83. The van der Waals surface area contributed by atoms with Crippen molar-refractivity contribution < 1.29 is 14.6 Å². The molecule has 1 saturated heterocycles. The van der Waals surface area contributed by atoms with E-state index in [0.717, 1.165) is 26.1 Å². The number of carboxylic acid groups (broad SMARTS) is 1. The Labute approximate surface area is 135 Å². The van der Waals surface area contributed by atoms with Crippen molar-refractivity contribution in [2.75, 3.05) is 19.7 Å². The summed E-state index contributed by atoms with van der Waals surface area (Å²) in [7, 11) is 0. The summed E-state index contributed by atoms with van der Waals surface area (Å²) in [6, 6.07) is 7.63. The van der Waals surface area contributed by atoms with E-state index in [-0.39, 0.29) is 6.61 Å². The Bertz CT molecular complexity index is 666. The number of nitrogens with zero attached hydrogens (tertiary/aromatic N) is 2. The van der Waals surface area contributed by atoms with Crippen LogP contribution in [-0.2, 0) is 11.3 Å². The van der Waals surface area contributed by atoms with Crippen molar-refractivity contribution in [1.82, 2.24) is 15.1 Å². The van der Waals surface area contributed by atoms with E-state index in [0.29, 0.717) is 11.7 Å². The number of benzene rings is 1. The topological polar surface area (TPSA) is 78.5 Å². The number of H-pyrrole nitrogens is 1. The minimum absolute atomic E-state index is 0.309. The molecule has 0 amide bonds. The molecular weight excluding hydrogens is 294 g/mol. The van der Waals surface area contributed by atoms with Gasteiger partial charge in [-0.1, -0.05) is 12.1 Å². The molecule has 1 atom stereocenters. The minimum Gasteiger partial charge on any atom is -0.482 e. The minimum atomic E-state index is -0.966. The average Bonchev–Trinajstić information content (AvgIpc) is 3.15. The summed E-state index contributed by atoms with van der Waals surface area (Å²) in [5.74, 6) is 0.144. The third kappa shape index (κ3) is 3.90.